The molecule has 0 spiro atoms. The summed E-state index contributed by atoms with van der Waals surface area (Å²) in [6.45, 7) is 1.73. The molecule has 0 saturated heterocycles. The van der Waals surface area contributed by atoms with Gasteiger partial charge in [0, 0.05) is 17.8 Å². The zero-order valence-corrected chi connectivity index (χ0v) is 11.7. The third kappa shape index (κ3) is 3.09. The third-order valence-electron chi connectivity index (χ3n) is 2.67. The quantitative estimate of drug-likeness (QED) is 0.390. The van der Waals surface area contributed by atoms with Crippen molar-refractivity contribution in [2.24, 2.45) is 5.73 Å². The van der Waals surface area contributed by atoms with Gasteiger partial charge >= 0.3 is 5.69 Å². The van der Waals surface area contributed by atoms with E-state index in [0.29, 0.717) is 0 Å². The summed E-state index contributed by atoms with van der Waals surface area (Å²) in [5, 5.41) is 18.5. The van der Waals surface area contributed by atoms with E-state index < -0.39 is 4.92 Å². The maximum atomic E-state index is 11.0. The highest BCUT2D eigenvalue weighted by molar-refractivity contribution is 6.35. The average molecular weight is 307 g/mol. The molecule has 0 aliphatic carbocycles. The van der Waals surface area contributed by atoms with Crippen molar-refractivity contribution < 1.29 is 9.66 Å². The molecule has 0 aliphatic heterocycles. The monoisotopic (exact) mass is 306 g/mol. The van der Waals surface area contributed by atoms with Crippen LogP contribution in [0.2, 0.25) is 5.02 Å². The van der Waals surface area contributed by atoms with Crippen LogP contribution in [0.25, 0.3) is 0 Å². The number of aryl methyl sites for hydroxylation is 1. The lowest BCUT2D eigenvalue weighted by Gasteiger charge is -2.09. The first kappa shape index (κ1) is 14.7. The molecule has 3 N–H and O–H groups in total. The predicted molar refractivity (Wildman–Crippen MR) is 78.2 cm³/mol. The van der Waals surface area contributed by atoms with Crippen molar-refractivity contribution in [2.75, 3.05) is 0 Å². The number of nitrogens with zero attached hydrogens (tertiary/aromatic N) is 2. The highest BCUT2D eigenvalue weighted by Crippen LogP contribution is 2.35. The number of nitrogen functional groups attached to an aromatic ring is 1. The molecule has 1 aromatic carbocycles. The Morgan fingerprint density at radius 3 is 2.81 bits per heavy atom. The lowest BCUT2D eigenvalue weighted by atomic mass is 10.2. The molecule has 108 valence electrons. The summed E-state index contributed by atoms with van der Waals surface area (Å²) in [5.74, 6) is -0.275. The van der Waals surface area contributed by atoms with Gasteiger partial charge in [-0.2, -0.15) is 0 Å². The van der Waals surface area contributed by atoms with Crippen LogP contribution >= 0.6 is 11.6 Å². The van der Waals surface area contributed by atoms with Crippen LogP contribution < -0.4 is 10.5 Å². The maximum absolute atomic E-state index is 11.0. The van der Waals surface area contributed by atoms with Gasteiger partial charge in [-0.1, -0.05) is 17.7 Å². The second kappa shape index (κ2) is 5.76. The minimum absolute atomic E-state index is 0.0145. The van der Waals surface area contributed by atoms with Crippen LogP contribution in [0, 0.1) is 22.4 Å². The summed E-state index contributed by atoms with van der Waals surface area (Å²) in [6, 6.07) is 5.98. The summed E-state index contributed by atoms with van der Waals surface area (Å²) < 4.78 is 5.41. The largest absolute Gasteiger partial charge is 0.430 e. The standard InChI is InChI=1S/C13H11ClN4O3/c1-7-2-3-10(9(6-7)18(19)20)21-13-11(14)8(12(15)16)4-5-17-13/h2-6H,1H3,(H3,15,16). The van der Waals surface area contributed by atoms with Gasteiger partial charge in [-0.25, -0.2) is 4.98 Å². The number of nitrogens with two attached hydrogens (primary N) is 1. The number of hydrogen-bond acceptors (Lipinski definition) is 5. The van der Waals surface area contributed by atoms with Gasteiger partial charge in [0.15, 0.2) is 0 Å². The van der Waals surface area contributed by atoms with Crippen LogP contribution in [0.3, 0.4) is 0 Å². The number of nitrogens with one attached hydrogen (secondary N) is 1. The summed E-state index contributed by atoms with van der Waals surface area (Å²) in [4.78, 5) is 14.4. The Morgan fingerprint density at radius 1 is 1.48 bits per heavy atom. The van der Waals surface area contributed by atoms with E-state index in [1.54, 1.807) is 13.0 Å². The molecule has 0 fully saturated rings. The lowest BCUT2D eigenvalue weighted by molar-refractivity contribution is -0.385. The van der Waals surface area contributed by atoms with Crippen LogP contribution in [0.1, 0.15) is 11.1 Å². The van der Waals surface area contributed by atoms with Crippen LogP contribution in [0.5, 0.6) is 11.6 Å². The van der Waals surface area contributed by atoms with Crippen molar-refractivity contribution >= 4 is 23.1 Å². The van der Waals surface area contributed by atoms with Gasteiger partial charge in [-0.05, 0) is 24.6 Å². The van der Waals surface area contributed by atoms with Gasteiger partial charge < -0.3 is 10.5 Å². The van der Waals surface area contributed by atoms with E-state index in [-0.39, 0.29) is 33.7 Å². The van der Waals surface area contributed by atoms with E-state index >= 15 is 0 Å². The van der Waals surface area contributed by atoms with E-state index in [4.69, 9.17) is 27.5 Å². The smallest absolute Gasteiger partial charge is 0.311 e. The molecule has 21 heavy (non-hydrogen) atoms. The number of rotatable bonds is 4. The lowest BCUT2D eigenvalue weighted by Crippen LogP contribution is -2.12. The van der Waals surface area contributed by atoms with Crippen LogP contribution in [-0.4, -0.2) is 15.7 Å². The van der Waals surface area contributed by atoms with Gasteiger partial charge in [0.1, 0.15) is 10.9 Å². The summed E-state index contributed by atoms with van der Waals surface area (Å²) in [6.07, 6.45) is 1.36. The number of nitro benzene ring substituents is 1. The van der Waals surface area contributed by atoms with E-state index in [9.17, 15) is 10.1 Å². The fourth-order valence-electron chi connectivity index (χ4n) is 1.66. The Labute approximate surface area is 125 Å². The molecule has 0 atom stereocenters. The fraction of sp³-hybridized carbons (Fsp3) is 0.0769. The predicted octanol–water partition coefficient (Wildman–Crippen LogP) is 3.03. The molecule has 0 unspecified atom stereocenters. The zero-order chi connectivity index (χ0) is 15.6. The van der Waals surface area contributed by atoms with Gasteiger partial charge in [0.05, 0.1) is 4.92 Å². The van der Waals surface area contributed by atoms with E-state index in [0.717, 1.165) is 5.56 Å². The molecule has 7 nitrogen and oxygen atoms in total. The topological polar surface area (TPSA) is 115 Å². The number of benzene rings is 1. The summed E-state index contributed by atoms with van der Waals surface area (Å²) >= 11 is 6.04. The van der Waals surface area contributed by atoms with Gasteiger partial charge in [-0.3, -0.25) is 15.5 Å². The molecule has 0 aliphatic rings. The Balaban J connectivity index is 2.46. The Hall–Kier alpha value is -2.67. The van der Waals surface area contributed by atoms with E-state index in [1.165, 1.54) is 24.4 Å². The van der Waals surface area contributed by atoms with Gasteiger partial charge in [-0.15, -0.1) is 0 Å². The number of ether oxygens (including phenoxy) is 1. The van der Waals surface area contributed by atoms with Gasteiger partial charge in [0.2, 0.25) is 11.6 Å². The highest BCUT2D eigenvalue weighted by atomic mass is 35.5. The highest BCUT2D eigenvalue weighted by Gasteiger charge is 2.19. The molecule has 0 saturated carbocycles. The molecule has 1 aromatic heterocycles. The summed E-state index contributed by atoms with van der Waals surface area (Å²) in [5.41, 5.74) is 6.16. The Morgan fingerprint density at radius 2 is 2.19 bits per heavy atom. The van der Waals surface area contributed by atoms with Crippen molar-refractivity contribution in [1.82, 2.24) is 4.98 Å². The number of halogens is 1. The van der Waals surface area contributed by atoms with Crippen molar-refractivity contribution in [3.05, 3.63) is 56.7 Å². The van der Waals surface area contributed by atoms with Crippen molar-refractivity contribution in [3.63, 3.8) is 0 Å². The molecular formula is C13H11ClN4O3. The number of pyridine rings is 1. The average Bonchev–Trinajstić information content (AvgIpc) is 2.42. The Bertz CT molecular complexity index is 733. The third-order valence-corrected chi connectivity index (χ3v) is 3.03. The molecule has 0 amide bonds. The van der Waals surface area contributed by atoms with Crippen LogP contribution in [0.4, 0.5) is 5.69 Å². The normalized spacial score (nSPS) is 10.2. The van der Waals surface area contributed by atoms with Crippen molar-refractivity contribution in [2.45, 2.75) is 6.92 Å². The molecular weight excluding hydrogens is 296 g/mol. The Kier molecular flexibility index (Phi) is 4.04. The van der Waals surface area contributed by atoms with Crippen LogP contribution in [0.15, 0.2) is 30.5 Å². The molecule has 0 radical (unpaired) electrons. The van der Waals surface area contributed by atoms with E-state index in [1.807, 2.05) is 0 Å². The first-order valence-corrected chi connectivity index (χ1v) is 6.19. The maximum Gasteiger partial charge on any atom is 0.311 e. The SMILES string of the molecule is Cc1ccc(Oc2nccc(C(=N)N)c2Cl)c([N+](=O)[O-])c1. The van der Waals surface area contributed by atoms with Gasteiger partial charge in [0.25, 0.3) is 0 Å². The zero-order valence-electron chi connectivity index (χ0n) is 11.0. The van der Waals surface area contributed by atoms with Crippen molar-refractivity contribution in [3.8, 4) is 11.6 Å². The fourth-order valence-corrected chi connectivity index (χ4v) is 1.92. The number of nitro groups is 1. The van der Waals surface area contributed by atoms with E-state index in [2.05, 4.69) is 4.98 Å². The molecule has 2 aromatic rings. The second-order valence-electron chi connectivity index (χ2n) is 4.22. The second-order valence-corrected chi connectivity index (χ2v) is 4.60. The first-order valence-electron chi connectivity index (χ1n) is 5.82. The molecule has 8 heteroatoms. The number of amidine groups is 1. The minimum Gasteiger partial charge on any atom is -0.430 e. The summed E-state index contributed by atoms with van der Waals surface area (Å²) in [7, 11) is 0. The molecule has 1 heterocycles. The van der Waals surface area contributed by atoms with Crippen molar-refractivity contribution in [1.29, 1.82) is 5.41 Å². The number of aromatic nitrogens is 1. The number of hydrogen-bond donors (Lipinski definition) is 2. The molecule has 0 bridgehead atoms. The first-order chi connectivity index (χ1) is 9.90. The van der Waals surface area contributed by atoms with Crippen LogP contribution in [-0.2, 0) is 0 Å². The molecule has 2 rings (SSSR count). The minimum atomic E-state index is -0.551.